The Labute approximate surface area is 213 Å². The molecule has 36 heavy (non-hydrogen) atoms. The number of benzene rings is 2. The van der Waals surface area contributed by atoms with Crippen LogP contribution in [0.15, 0.2) is 60.0 Å². The zero-order chi connectivity index (χ0) is 25.5. The van der Waals surface area contributed by atoms with Crippen LogP contribution in [0, 0.1) is 11.6 Å². The molecule has 0 radical (unpaired) electrons. The van der Waals surface area contributed by atoms with Crippen LogP contribution in [0.1, 0.15) is 33.3 Å². The van der Waals surface area contributed by atoms with Crippen molar-refractivity contribution in [3.05, 3.63) is 87.6 Å². The third-order valence-electron chi connectivity index (χ3n) is 6.11. The third kappa shape index (κ3) is 6.09. The van der Waals surface area contributed by atoms with Crippen molar-refractivity contribution in [2.75, 3.05) is 40.0 Å². The van der Waals surface area contributed by atoms with E-state index in [0.29, 0.717) is 31.7 Å². The normalized spacial score (nSPS) is 14.9. The summed E-state index contributed by atoms with van der Waals surface area (Å²) in [6, 6.07) is 13.2. The molecule has 0 aliphatic carbocycles. The van der Waals surface area contributed by atoms with Crippen LogP contribution in [0.3, 0.4) is 0 Å². The highest BCUT2D eigenvalue weighted by molar-refractivity contribution is 7.10. The molecule has 0 N–H and O–H groups in total. The molecule has 2 heterocycles. The maximum absolute atomic E-state index is 14.4. The van der Waals surface area contributed by atoms with E-state index in [1.165, 1.54) is 40.1 Å². The molecule has 9 heteroatoms. The van der Waals surface area contributed by atoms with Crippen molar-refractivity contribution in [2.24, 2.45) is 0 Å². The van der Waals surface area contributed by atoms with Gasteiger partial charge in [0.2, 0.25) is 5.91 Å². The molecule has 3 aromatic rings. The van der Waals surface area contributed by atoms with E-state index in [4.69, 9.17) is 9.47 Å². The minimum atomic E-state index is -0.631. The first-order valence-corrected chi connectivity index (χ1v) is 12.6. The first kappa shape index (κ1) is 25.8. The van der Waals surface area contributed by atoms with Crippen LogP contribution in [-0.2, 0) is 16.0 Å². The number of methoxy groups -OCH3 is 1. The van der Waals surface area contributed by atoms with Crippen LogP contribution < -0.4 is 4.74 Å². The zero-order valence-electron chi connectivity index (χ0n) is 20.0. The fourth-order valence-corrected chi connectivity index (χ4v) is 5.25. The van der Waals surface area contributed by atoms with E-state index in [1.54, 1.807) is 41.5 Å². The molecule has 4 rings (SSSR count). The molecule has 1 aliphatic heterocycles. The number of halogens is 2. The molecule has 190 valence electrons. The van der Waals surface area contributed by atoms with E-state index in [9.17, 15) is 18.4 Å². The molecule has 1 atom stereocenters. The Hall–Kier alpha value is -3.30. The number of carbonyl (C=O) groups excluding carboxylic acids is 2. The van der Waals surface area contributed by atoms with Gasteiger partial charge in [0.15, 0.2) is 0 Å². The lowest BCUT2D eigenvalue weighted by Crippen LogP contribution is -2.48. The van der Waals surface area contributed by atoms with Gasteiger partial charge in [0.05, 0.1) is 11.6 Å². The highest BCUT2D eigenvalue weighted by atomic mass is 32.1. The molecule has 0 saturated carbocycles. The number of hydrogen-bond acceptors (Lipinski definition) is 5. The third-order valence-corrected chi connectivity index (χ3v) is 7.11. The van der Waals surface area contributed by atoms with Gasteiger partial charge in [-0.25, -0.2) is 8.78 Å². The Morgan fingerprint density at radius 2 is 1.97 bits per heavy atom. The Morgan fingerprint density at radius 3 is 2.75 bits per heavy atom. The molecule has 6 nitrogen and oxygen atoms in total. The predicted octanol–water partition coefficient (Wildman–Crippen LogP) is 4.71. The molecular formula is C27H28F2N2O4S. The minimum absolute atomic E-state index is 0.0764. The van der Waals surface area contributed by atoms with E-state index in [2.05, 4.69) is 0 Å². The van der Waals surface area contributed by atoms with Crippen molar-refractivity contribution in [3.8, 4) is 5.75 Å². The number of rotatable bonds is 10. The number of hydrogen-bond donors (Lipinski definition) is 0. The SMILES string of the molecule is COCCCN(CC(=O)N1CCc2sccc2[C@@H]1COc1cccc(F)c1)C(=O)c1ccccc1F. The van der Waals surface area contributed by atoms with Crippen molar-refractivity contribution in [3.63, 3.8) is 0 Å². The second-order valence-electron chi connectivity index (χ2n) is 8.47. The molecule has 1 aromatic heterocycles. The van der Waals surface area contributed by atoms with Gasteiger partial charge in [-0.1, -0.05) is 18.2 Å². The van der Waals surface area contributed by atoms with Crippen molar-refractivity contribution in [1.29, 1.82) is 0 Å². The summed E-state index contributed by atoms with van der Waals surface area (Å²) in [5.41, 5.74) is 0.912. The summed E-state index contributed by atoms with van der Waals surface area (Å²) in [5, 5.41) is 1.98. The number of nitrogens with zero attached hydrogens (tertiary/aromatic N) is 2. The average molecular weight is 515 g/mol. The minimum Gasteiger partial charge on any atom is -0.491 e. The first-order valence-electron chi connectivity index (χ1n) is 11.7. The molecule has 2 aromatic carbocycles. The predicted molar refractivity (Wildman–Crippen MR) is 133 cm³/mol. The Morgan fingerprint density at radius 1 is 1.14 bits per heavy atom. The maximum Gasteiger partial charge on any atom is 0.257 e. The van der Waals surface area contributed by atoms with E-state index in [0.717, 1.165) is 5.56 Å². The van der Waals surface area contributed by atoms with Crippen molar-refractivity contribution >= 4 is 23.2 Å². The second-order valence-corrected chi connectivity index (χ2v) is 9.47. The molecule has 0 unspecified atom stereocenters. The van der Waals surface area contributed by atoms with Crippen LogP contribution in [0.2, 0.25) is 0 Å². The molecule has 0 spiro atoms. The average Bonchev–Trinajstić information content (AvgIpc) is 3.36. The number of amides is 2. The van der Waals surface area contributed by atoms with Crippen LogP contribution in [0.4, 0.5) is 8.78 Å². The van der Waals surface area contributed by atoms with Crippen LogP contribution in [0.25, 0.3) is 0 Å². The second kappa shape index (κ2) is 12.1. The monoisotopic (exact) mass is 514 g/mol. The van der Waals surface area contributed by atoms with Gasteiger partial charge in [0.25, 0.3) is 5.91 Å². The topological polar surface area (TPSA) is 59.1 Å². The first-order chi connectivity index (χ1) is 17.5. The largest absolute Gasteiger partial charge is 0.491 e. The number of fused-ring (bicyclic) bond motifs is 1. The standard InChI is InChI=1S/C27H28F2N2O4S/c1-34-14-5-12-30(27(33)21-8-2-3-9-23(21)29)17-26(32)31-13-10-25-22(11-15-36-25)24(31)18-35-20-7-4-6-19(28)16-20/h2-4,6-9,11,15-16,24H,5,10,12-14,17-18H2,1H3/t24-/m0/s1. The van der Waals surface area contributed by atoms with Gasteiger partial charge in [-0.05, 0) is 54.1 Å². The van der Waals surface area contributed by atoms with Crippen molar-refractivity contribution in [1.82, 2.24) is 9.80 Å². The summed E-state index contributed by atoms with van der Waals surface area (Å²) >= 11 is 1.62. The van der Waals surface area contributed by atoms with Crippen molar-refractivity contribution < 1.29 is 27.8 Å². The van der Waals surface area contributed by atoms with Gasteiger partial charge in [-0.3, -0.25) is 9.59 Å². The summed E-state index contributed by atoms with van der Waals surface area (Å²) in [7, 11) is 1.56. The molecule has 0 saturated heterocycles. The molecule has 1 aliphatic rings. The van der Waals surface area contributed by atoms with E-state index in [1.807, 2.05) is 11.4 Å². The zero-order valence-corrected chi connectivity index (χ0v) is 20.8. The van der Waals surface area contributed by atoms with Gasteiger partial charge >= 0.3 is 0 Å². The van der Waals surface area contributed by atoms with Gasteiger partial charge in [0, 0.05) is 37.7 Å². The quantitative estimate of drug-likeness (QED) is 0.368. The van der Waals surface area contributed by atoms with Gasteiger partial charge < -0.3 is 19.3 Å². The number of ether oxygens (including phenoxy) is 2. The van der Waals surface area contributed by atoms with E-state index < -0.39 is 17.5 Å². The van der Waals surface area contributed by atoms with Gasteiger partial charge in [0.1, 0.15) is 30.5 Å². The molecule has 0 fully saturated rings. The van der Waals surface area contributed by atoms with E-state index in [-0.39, 0.29) is 37.2 Å². The Balaban J connectivity index is 1.53. The smallest absolute Gasteiger partial charge is 0.257 e. The van der Waals surface area contributed by atoms with Gasteiger partial charge in [-0.2, -0.15) is 0 Å². The summed E-state index contributed by atoms with van der Waals surface area (Å²) in [5.74, 6) is -1.46. The van der Waals surface area contributed by atoms with Crippen LogP contribution >= 0.6 is 11.3 Å². The maximum atomic E-state index is 14.4. The van der Waals surface area contributed by atoms with Crippen LogP contribution in [-0.4, -0.2) is 61.6 Å². The van der Waals surface area contributed by atoms with E-state index >= 15 is 0 Å². The number of thiophene rings is 1. The fraction of sp³-hybridized carbons (Fsp3) is 0.333. The highest BCUT2D eigenvalue weighted by Gasteiger charge is 2.34. The number of carbonyl (C=O) groups is 2. The lowest BCUT2D eigenvalue weighted by molar-refractivity contribution is -0.135. The Bertz CT molecular complexity index is 1200. The Kier molecular flexibility index (Phi) is 8.66. The van der Waals surface area contributed by atoms with Crippen molar-refractivity contribution in [2.45, 2.75) is 18.9 Å². The lowest BCUT2D eigenvalue weighted by atomic mass is 10.0. The molecular weight excluding hydrogens is 486 g/mol. The van der Waals surface area contributed by atoms with Gasteiger partial charge in [-0.15, -0.1) is 11.3 Å². The van der Waals surface area contributed by atoms with Crippen LogP contribution in [0.5, 0.6) is 5.75 Å². The summed E-state index contributed by atoms with van der Waals surface area (Å²) in [6.45, 7) is 1.05. The highest BCUT2D eigenvalue weighted by Crippen LogP contribution is 2.34. The molecule has 2 amide bonds. The molecule has 0 bridgehead atoms. The lowest BCUT2D eigenvalue weighted by Gasteiger charge is -2.37. The fourth-order valence-electron chi connectivity index (χ4n) is 4.32. The summed E-state index contributed by atoms with van der Waals surface area (Å²) in [6.07, 6.45) is 1.20. The summed E-state index contributed by atoms with van der Waals surface area (Å²) in [4.78, 5) is 31.0. The summed E-state index contributed by atoms with van der Waals surface area (Å²) < 4.78 is 39.0.